The fourth-order valence-electron chi connectivity index (χ4n) is 1.25. The molecule has 1 aromatic rings. The van der Waals surface area contributed by atoms with Gasteiger partial charge < -0.3 is 14.6 Å². The summed E-state index contributed by atoms with van der Waals surface area (Å²) in [7, 11) is 0. The van der Waals surface area contributed by atoms with E-state index in [0.29, 0.717) is 24.8 Å². The van der Waals surface area contributed by atoms with Crippen LogP contribution in [0.3, 0.4) is 0 Å². The Kier molecular flexibility index (Phi) is 5.69. The minimum Gasteiger partial charge on any atom is -0.381 e. The number of hydrogen-bond acceptors (Lipinski definition) is 4. The fourth-order valence-corrected chi connectivity index (χ4v) is 1.25. The molecule has 0 bridgehead atoms. The zero-order valence-corrected chi connectivity index (χ0v) is 10.7. The van der Waals surface area contributed by atoms with E-state index in [2.05, 4.69) is 24.3 Å². The van der Waals surface area contributed by atoms with Crippen molar-refractivity contribution in [2.24, 2.45) is 5.92 Å². The lowest BCUT2D eigenvalue weighted by Gasteiger charge is -2.06. The van der Waals surface area contributed by atoms with E-state index in [9.17, 15) is 4.79 Å². The lowest BCUT2D eigenvalue weighted by atomic mass is 10.2. The molecule has 0 aromatic carbocycles. The van der Waals surface area contributed by atoms with Gasteiger partial charge in [-0.1, -0.05) is 19.0 Å². The highest BCUT2D eigenvalue weighted by Crippen LogP contribution is 2.01. The molecule has 1 aromatic heterocycles. The van der Waals surface area contributed by atoms with E-state index >= 15 is 0 Å². The number of ether oxygens (including phenoxy) is 1. The van der Waals surface area contributed by atoms with Crippen molar-refractivity contribution < 1.29 is 14.1 Å². The highest BCUT2D eigenvalue weighted by molar-refractivity contribution is 5.91. The van der Waals surface area contributed by atoms with Crippen molar-refractivity contribution in [3.63, 3.8) is 0 Å². The van der Waals surface area contributed by atoms with Gasteiger partial charge in [-0.15, -0.1) is 0 Å². The fraction of sp³-hybridized carbons (Fsp3) is 0.667. The molecule has 0 atom stereocenters. The summed E-state index contributed by atoms with van der Waals surface area (Å²) >= 11 is 0. The summed E-state index contributed by atoms with van der Waals surface area (Å²) in [6.45, 7) is 7.99. The van der Waals surface area contributed by atoms with Gasteiger partial charge in [0.2, 0.25) is 5.76 Å². The molecule has 1 N–H and O–H groups in total. The third kappa shape index (κ3) is 5.49. The molecule has 1 rings (SSSR count). The van der Waals surface area contributed by atoms with Gasteiger partial charge in [0, 0.05) is 25.8 Å². The second kappa shape index (κ2) is 7.06. The van der Waals surface area contributed by atoms with Crippen molar-refractivity contribution in [2.75, 3.05) is 19.8 Å². The first-order valence-electron chi connectivity index (χ1n) is 5.89. The smallest absolute Gasteiger partial charge is 0.289 e. The first-order valence-corrected chi connectivity index (χ1v) is 5.89. The predicted molar refractivity (Wildman–Crippen MR) is 63.8 cm³/mol. The van der Waals surface area contributed by atoms with Crippen LogP contribution in [0.15, 0.2) is 10.6 Å². The van der Waals surface area contributed by atoms with Crippen LogP contribution in [0.5, 0.6) is 0 Å². The van der Waals surface area contributed by atoms with Crippen LogP contribution in [-0.4, -0.2) is 30.8 Å². The van der Waals surface area contributed by atoms with Gasteiger partial charge in [0.25, 0.3) is 5.91 Å². The number of rotatable bonds is 7. The van der Waals surface area contributed by atoms with E-state index in [1.54, 1.807) is 13.0 Å². The Hall–Kier alpha value is -1.36. The Labute approximate surface area is 102 Å². The number of amides is 1. The van der Waals surface area contributed by atoms with E-state index < -0.39 is 0 Å². The molecule has 1 heterocycles. The van der Waals surface area contributed by atoms with Gasteiger partial charge in [0.15, 0.2) is 0 Å². The molecule has 0 saturated heterocycles. The van der Waals surface area contributed by atoms with Crippen molar-refractivity contribution in [1.29, 1.82) is 0 Å². The van der Waals surface area contributed by atoms with E-state index in [4.69, 9.17) is 9.26 Å². The highest BCUT2D eigenvalue weighted by Gasteiger charge is 2.10. The average Bonchev–Trinajstić information content (AvgIpc) is 2.69. The molecule has 0 aliphatic heterocycles. The largest absolute Gasteiger partial charge is 0.381 e. The van der Waals surface area contributed by atoms with Crippen molar-refractivity contribution in [3.05, 3.63) is 17.5 Å². The summed E-state index contributed by atoms with van der Waals surface area (Å²) in [5, 5.41) is 6.40. The SMILES string of the molecule is Cc1cc(C(=O)NCCCOCC(C)C)on1. The lowest BCUT2D eigenvalue weighted by molar-refractivity contribution is 0.0892. The number of carbonyl (C=O) groups is 1. The van der Waals surface area contributed by atoms with E-state index in [0.717, 1.165) is 13.0 Å². The van der Waals surface area contributed by atoms with Gasteiger partial charge in [-0.05, 0) is 19.3 Å². The first kappa shape index (κ1) is 13.7. The molecule has 5 heteroatoms. The molecule has 0 unspecified atom stereocenters. The predicted octanol–water partition coefficient (Wildman–Crippen LogP) is 1.78. The molecule has 0 aliphatic rings. The van der Waals surface area contributed by atoms with Gasteiger partial charge in [-0.3, -0.25) is 4.79 Å². The molecule has 0 spiro atoms. The van der Waals surface area contributed by atoms with Gasteiger partial charge >= 0.3 is 0 Å². The van der Waals surface area contributed by atoms with Gasteiger partial charge in [0.1, 0.15) is 0 Å². The van der Waals surface area contributed by atoms with Crippen LogP contribution in [0.2, 0.25) is 0 Å². The number of nitrogens with zero attached hydrogens (tertiary/aromatic N) is 1. The quantitative estimate of drug-likeness (QED) is 0.738. The zero-order valence-electron chi connectivity index (χ0n) is 10.7. The molecule has 17 heavy (non-hydrogen) atoms. The van der Waals surface area contributed by atoms with Crippen LogP contribution < -0.4 is 5.32 Å². The molecular formula is C12H20N2O3. The Morgan fingerprint density at radius 1 is 1.59 bits per heavy atom. The van der Waals surface area contributed by atoms with E-state index in [-0.39, 0.29) is 11.7 Å². The van der Waals surface area contributed by atoms with Gasteiger partial charge in [0.05, 0.1) is 5.69 Å². The lowest BCUT2D eigenvalue weighted by Crippen LogP contribution is -2.25. The summed E-state index contributed by atoms with van der Waals surface area (Å²) in [5.74, 6) is 0.571. The molecule has 0 saturated carbocycles. The van der Waals surface area contributed by atoms with Crippen LogP contribution in [-0.2, 0) is 4.74 Å². The van der Waals surface area contributed by atoms with Crippen LogP contribution in [0.4, 0.5) is 0 Å². The number of nitrogens with one attached hydrogen (secondary N) is 1. The van der Waals surface area contributed by atoms with Gasteiger partial charge in [-0.25, -0.2) is 0 Å². The molecule has 0 radical (unpaired) electrons. The standard InChI is InChI=1S/C12H20N2O3/c1-9(2)8-16-6-4-5-13-12(15)11-7-10(3)14-17-11/h7,9H,4-6,8H2,1-3H3,(H,13,15). The van der Waals surface area contributed by atoms with Crippen LogP contribution >= 0.6 is 0 Å². The minimum absolute atomic E-state index is 0.227. The van der Waals surface area contributed by atoms with Gasteiger partial charge in [-0.2, -0.15) is 0 Å². The average molecular weight is 240 g/mol. The Morgan fingerprint density at radius 3 is 2.94 bits per heavy atom. The number of aryl methyl sites for hydroxylation is 1. The molecule has 1 amide bonds. The second-order valence-electron chi connectivity index (χ2n) is 4.41. The molecule has 5 nitrogen and oxygen atoms in total. The summed E-state index contributed by atoms with van der Waals surface area (Å²) < 4.78 is 10.2. The summed E-state index contributed by atoms with van der Waals surface area (Å²) in [6, 6.07) is 1.62. The number of aromatic nitrogens is 1. The van der Waals surface area contributed by atoms with Crippen molar-refractivity contribution in [1.82, 2.24) is 10.5 Å². The monoisotopic (exact) mass is 240 g/mol. The third-order valence-corrected chi connectivity index (χ3v) is 2.05. The van der Waals surface area contributed by atoms with Crippen LogP contribution in [0, 0.1) is 12.8 Å². The Balaban J connectivity index is 2.09. The maximum absolute atomic E-state index is 11.5. The van der Waals surface area contributed by atoms with Crippen molar-refractivity contribution >= 4 is 5.91 Å². The topological polar surface area (TPSA) is 64.4 Å². The first-order chi connectivity index (χ1) is 8.09. The van der Waals surface area contributed by atoms with Crippen molar-refractivity contribution in [3.8, 4) is 0 Å². The molecule has 0 fully saturated rings. The zero-order chi connectivity index (χ0) is 12.7. The van der Waals surface area contributed by atoms with Crippen LogP contribution in [0.25, 0.3) is 0 Å². The summed E-state index contributed by atoms with van der Waals surface area (Å²) in [6.07, 6.45) is 0.797. The Morgan fingerprint density at radius 2 is 2.35 bits per heavy atom. The summed E-state index contributed by atoms with van der Waals surface area (Å²) in [4.78, 5) is 11.5. The maximum Gasteiger partial charge on any atom is 0.289 e. The third-order valence-electron chi connectivity index (χ3n) is 2.05. The maximum atomic E-state index is 11.5. The molecule has 0 aliphatic carbocycles. The van der Waals surface area contributed by atoms with E-state index in [1.165, 1.54) is 0 Å². The second-order valence-corrected chi connectivity index (χ2v) is 4.41. The Bertz CT molecular complexity index is 347. The minimum atomic E-state index is -0.227. The van der Waals surface area contributed by atoms with Crippen molar-refractivity contribution in [2.45, 2.75) is 27.2 Å². The number of hydrogen-bond donors (Lipinski definition) is 1. The normalized spacial score (nSPS) is 10.8. The van der Waals surface area contributed by atoms with E-state index in [1.807, 2.05) is 0 Å². The summed E-state index contributed by atoms with van der Waals surface area (Å²) in [5.41, 5.74) is 0.704. The molecule has 96 valence electrons. The molecular weight excluding hydrogens is 220 g/mol. The highest BCUT2D eigenvalue weighted by atomic mass is 16.5. The van der Waals surface area contributed by atoms with Crippen LogP contribution in [0.1, 0.15) is 36.5 Å². The number of carbonyl (C=O) groups excluding carboxylic acids is 1.